The summed E-state index contributed by atoms with van der Waals surface area (Å²) in [6.07, 6.45) is 1.82. The van der Waals surface area contributed by atoms with Gasteiger partial charge in [-0.25, -0.2) is 8.42 Å². The van der Waals surface area contributed by atoms with E-state index in [0.29, 0.717) is 5.56 Å². The molecule has 0 aliphatic heterocycles. The Labute approximate surface area is 130 Å². The first-order chi connectivity index (χ1) is 10.2. The van der Waals surface area contributed by atoms with E-state index in [-0.39, 0.29) is 18.4 Å². The normalized spacial score (nSPS) is 12.0. The van der Waals surface area contributed by atoms with Gasteiger partial charge >= 0.3 is 5.76 Å². The molecule has 1 aromatic rings. The number of halogens is 2. The second kappa shape index (κ2) is 7.67. The number of rotatable bonds is 7. The van der Waals surface area contributed by atoms with Gasteiger partial charge in [0.05, 0.1) is 11.3 Å². The molecule has 0 saturated carbocycles. The molecule has 1 aromatic carbocycles. The van der Waals surface area contributed by atoms with Crippen LogP contribution >= 0.6 is 0 Å². The number of amides is 1. The molecule has 0 bridgehead atoms. The molecule has 4 nitrogen and oxygen atoms in total. The summed E-state index contributed by atoms with van der Waals surface area (Å²) < 4.78 is 47.5. The molecular formula is C15H21F2NO3S. The van der Waals surface area contributed by atoms with Gasteiger partial charge in [-0.05, 0) is 30.5 Å². The van der Waals surface area contributed by atoms with Gasteiger partial charge in [0.25, 0.3) is 0 Å². The van der Waals surface area contributed by atoms with E-state index >= 15 is 0 Å². The number of alkyl halides is 2. The number of sulfone groups is 1. The van der Waals surface area contributed by atoms with Gasteiger partial charge in [-0.1, -0.05) is 26.0 Å². The molecule has 0 aromatic heterocycles. The fourth-order valence-corrected chi connectivity index (χ4v) is 2.96. The molecule has 0 aliphatic rings. The molecule has 7 heteroatoms. The second-order valence-electron chi connectivity index (χ2n) is 5.10. The van der Waals surface area contributed by atoms with Crippen LogP contribution in [-0.2, 0) is 21.1 Å². The zero-order chi connectivity index (χ0) is 16.9. The number of carbonyl (C=O) groups is 1. The summed E-state index contributed by atoms with van der Waals surface area (Å²) in [4.78, 5) is 13.4. The molecular weight excluding hydrogens is 312 g/mol. The van der Waals surface area contributed by atoms with Crippen molar-refractivity contribution >= 4 is 15.7 Å². The summed E-state index contributed by atoms with van der Waals surface area (Å²) in [6, 6.07) is 5.18. The molecule has 1 rings (SSSR count). The Bertz CT molecular complexity index is 596. The SMILES string of the molecule is CCC(CC)N(C)C(=O)Cc1ccc(S(=O)(=O)C(F)F)cc1. The van der Waals surface area contributed by atoms with E-state index < -0.39 is 20.5 Å². The molecule has 0 radical (unpaired) electrons. The Morgan fingerprint density at radius 2 is 1.64 bits per heavy atom. The van der Waals surface area contributed by atoms with Crippen molar-refractivity contribution in [1.82, 2.24) is 4.90 Å². The van der Waals surface area contributed by atoms with Crippen molar-refractivity contribution in [2.45, 2.75) is 49.8 Å². The fourth-order valence-electron chi connectivity index (χ4n) is 2.24. The lowest BCUT2D eigenvalue weighted by Gasteiger charge is -2.26. The highest BCUT2D eigenvalue weighted by atomic mass is 32.2. The quantitative estimate of drug-likeness (QED) is 0.771. The van der Waals surface area contributed by atoms with E-state index in [1.807, 2.05) is 13.8 Å². The van der Waals surface area contributed by atoms with Crippen molar-refractivity contribution in [3.8, 4) is 0 Å². The molecule has 124 valence electrons. The molecule has 0 aliphatic carbocycles. The van der Waals surface area contributed by atoms with E-state index in [1.165, 1.54) is 12.1 Å². The van der Waals surface area contributed by atoms with Gasteiger partial charge in [0.1, 0.15) is 0 Å². The molecule has 22 heavy (non-hydrogen) atoms. The first-order valence-electron chi connectivity index (χ1n) is 7.10. The highest BCUT2D eigenvalue weighted by molar-refractivity contribution is 7.91. The topological polar surface area (TPSA) is 54.5 Å². The average molecular weight is 333 g/mol. The van der Waals surface area contributed by atoms with Gasteiger partial charge in [-0.2, -0.15) is 8.78 Å². The highest BCUT2D eigenvalue weighted by Crippen LogP contribution is 2.19. The minimum atomic E-state index is -4.59. The lowest BCUT2D eigenvalue weighted by molar-refractivity contribution is -0.131. The molecule has 1 amide bonds. The summed E-state index contributed by atoms with van der Waals surface area (Å²) >= 11 is 0. The van der Waals surface area contributed by atoms with Gasteiger partial charge in [0.15, 0.2) is 0 Å². The molecule has 0 N–H and O–H groups in total. The number of nitrogens with zero attached hydrogens (tertiary/aromatic N) is 1. The van der Waals surface area contributed by atoms with Crippen LogP contribution in [0.5, 0.6) is 0 Å². The summed E-state index contributed by atoms with van der Waals surface area (Å²) in [5.41, 5.74) is 0.594. The first kappa shape index (κ1) is 18.5. The third kappa shape index (κ3) is 4.25. The molecule has 0 unspecified atom stereocenters. The lowest BCUT2D eigenvalue weighted by atomic mass is 10.1. The van der Waals surface area contributed by atoms with Gasteiger partial charge in [0.2, 0.25) is 15.7 Å². The van der Waals surface area contributed by atoms with Crippen LogP contribution in [0.4, 0.5) is 8.78 Å². The predicted octanol–water partition coefficient (Wildman–Crippen LogP) is 2.87. The summed E-state index contributed by atoms with van der Waals surface area (Å²) in [7, 11) is -2.86. The number of hydrogen-bond donors (Lipinski definition) is 0. The number of carbonyl (C=O) groups excluding carboxylic acids is 1. The van der Waals surface area contributed by atoms with Crippen molar-refractivity contribution in [1.29, 1.82) is 0 Å². The maximum absolute atomic E-state index is 12.4. The minimum Gasteiger partial charge on any atom is -0.343 e. The zero-order valence-electron chi connectivity index (χ0n) is 12.9. The van der Waals surface area contributed by atoms with E-state index in [9.17, 15) is 22.0 Å². The van der Waals surface area contributed by atoms with Crippen LogP contribution in [0.3, 0.4) is 0 Å². The van der Waals surface area contributed by atoms with E-state index in [1.54, 1.807) is 11.9 Å². The molecule has 0 spiro atoms. The van der Waals surface area contributed by atoms with Crippen LogP contribution in [-0.4, -0.2) is 38.1 Å². The van der Waals surface area contributed by atoms with Crippen molar-refractivity contribution in [3.63, 3.8) is 0 Å². The molecule has 0 heterocycles. The van der Waals surface area contributed by atoms with E-state index in [2.05, 4.69) is 0 Å². The number of likely N-dealkylation sites (N-methyl/N-ethyl adjacent to an activating group) is 1. The van der Waals surface area contributed by atoms with Crippen LogP contribution in [0.25, 0.3) is 0 Å². The Morgan fingerprint density at radius 1 is 1.14 bits per heavy atom. The van der Waals surface area contributed by atoms with Gasteiger partial charge in [-0.3, -0.25) is 4.79 Å². The fraction of sp³-hybridized carbons (Fsp3) is 0.533. The van der Waals surface area contributed by atoms with Gasteiger partial charge in [-0.15, -0.1) is 0 Å². The van der Waals surface area contributed by atoms with Gasteiger partial charge in [0, 0.05) is 13.1 Å². The van der Waals surface area contributed by atoms with Crippen molar-refractivity contribution in [3.05, 3.63) is 29.8 Å². The highest BCUT2D eigenvalue weighted by Gasteiger charge is 2.26. The van der Waals surface area contributed by atoms with Crippen LogP contribution in [0.15, 0.2) is 29.2 Å². The van der Waals surface area contributed by atoms with Crippen molar-refractivity contribution in [2.24, 2.45) is 0 Å². The van der Waals surface area contributed by atoms with E-state index in [4.69, 9.17) is 0 Å². The third-order valence-corrected chi connectivity index (χ3v) is 5.12. The smallest absolute Gasteiger partial charge is 0.341 e. The predicted molar refractivity (Wildman–Crippen MR) is 80.5 cm³/mol. The maximum Gasteiger partial charge on any atom is 0.341 e. The summed E-state index contributed by atoms with van der Waals surface area (Å²) in [5, 5.41) is 0. The Kier molecular flexibility index (Phi) is 6.47. The largest absolute Gasteiger partial charge is 0.343 e. The number of hydrogen-bond acceptors (Lipinski definition) is 3. The standard InChI is InChI=1S/C15H21F2NO3S/c1-4-12(5-2)18(3)14(19)10-11-6-8-13(9-7-11)22(20,21)15(16)17/h6-9,12,15H,4-5,10H2,1-3H3. The van der Waals surface area contributed by atoms with Crippen LogP contribution in [0.1, 0.15) is 32.3 Å². The molecule has 0 atom stereocenters. The first-order valence-corrected chi connectivity index (χ1v) is 8.65. The monoisotopic (exact) mass is 333 g/mol. The number of benzene rings is 1. The van der Waals surface area contributed by atoms with Crippen LogP contribution in [0.2, 0.25) is 0 Å². The minimum absolute atomic E-state index is 0.0850. The summed E-state index contributed by atoms with van der Waals surface area (Å²) in [6.45, 7) is 4.00. The maximum atomic E-state index is 12.4. The Hall–Kier alpha value is -1.50. The van der Waals surface area contributed by atoms with Crippen LogP contribution < -0.4 is 0 Å². The summed E-state index contributed by atoms with van der Waals surface area (Å²) in [5.74, 6) is -3.53. The Balaban J connectivity index is 2.83. The average Bonchev–Trinajstić information content (AvgIpc) is 2.48. The molecule has 0 fully saturated rings. The zero-order valence-corrected chi connectivity index (χ0v) is 13.7. The second-order valence-corrected chi connectivity index (χ2v) is 7.02. The van der Waals surface area contributed by atoms with Crippen molar-refractivity contribution in [2.75, 3.05) is 7.05 Å². The third-order valence-electron chi connectivity index (χ3n) is 3.73. The molecule has 0 saturated heterocycles. The van der Waals surface area contributed by atoms with Crippen LogP contribution in [0, 0.1) is 0 Å². The van der Waals surface area contributed by atoms with Crippen molar-refractivity contribution < 1.29 is 22.0 Å². The lowest BCUT2D eigenvalue weighted by Crippen LogP contribution is -2.37. The van der Waals surface area contributed by atoms with E-state index in [0.717, 1.165) is 25.0 Å². The Morgan fingerprint density at radius 3 is 2.05 bits per heavy atom. The van der Waals surface area contributed by atoms with Gasteiger partial charge < -0.3 is 4.90 Å².